The monoisotopic (exact) mass is 254 g/mol. The molecule has 0 aromatic heterocycles. The van der Waals surface area contributed by atoms with E-state index in [-0.39, 0.29) is 11.5 Å². The molecule has 0 saturated heterocycles. The number of carbonyl (C=O) groups is 1. The van der Waals surface area contributed by atoms with Crippen LogP contribution in [0, 0.1) is 10.1 Å². The van der Waals surface area contributed by atoms with E-state index in [0.717, 1.165) is 0 Å². The highest BCUT2D eigenvalue weighted by Crippen LogP contribution is 2.37. The topological polar surface area (TPSA) is 114 Å². The van der Waals surface area contributed by atoms with Gasteiger partial charge < -0.3 is 19.9 Å². The van der Waals surface area contributed by atoms with Crippen LogP contribution in [0.5, 0.6) is 11.5 Å². The number of nitrogens with zero attached hydrogens (tertiary/aromatic N) is 1. The normalized spacial score (nSPS) is 18.2. The average molecular weight is 254 g/mol. The van der Waals surface area contributed by atoms with Crippen molar-refractivity contribution < 1.29 is 23.9 Å². The van der Waals surface area contributed by atoms with Gasteiger partial charge in [-0.05, 0) is 24.6 Å². The lowest BCUT2D eigenvalue weighted by molar-refractivity contribution is -0.600. The summed E-state index contributed by atoms with van der Waals surface area (Å²) in [6.45, 7) is 1.62. The van der Waals surface area contributed by atoms with Gasteiger partial charge in [-0.1, -0.05) is 6.07 Å². The van der Waals surface area contributed by atoms with Gasteiger partial charge in [0.25, 0.3) is 0 Å². The van der Waals surface area contributed by atoms with Crippen LogP contribution in [0.15, 0.2) is 18.2 Å². The summed E-state index contributed by atoms with van der Waals surface area (Å²) in [5.74, 6) is 0.501. The molecule has 1 aliphatic heterocycles. The zero-order chi connectivity index (χ0) is 13.3. The van der Waals surface area contributed by atoms with Crippen LogP contribution in [-0.4, -0.2) is 17.4 Å². The van der Waals surface area contributed by atoms with Crippen molar-refractivity contribution in [3.05, 3.63) is 33.9 Å². The number of rotatable bonds is 3. The molecule has 0 bridgehead atoms. The molecule has 1 amide bonds. The third-order valence-corrected chi connectivity index (χ3v) is 2.36. The Labute approximate surface area is 101 Å². The minimum atomic E-state index is -1.54. The van der Waals surface area contributed by atoms with Crippen molar-refractivity contribution in [2.75, 3.05) is 0 Å². The van der Waals surface area contributed by atoms with Crippen molar-refractivity contribution >= 4 is 6.09 Å². The molecule has 1 heterocycles. The van der Waals surface area contributed by atoms with E-state index in [4.69, 9.17) is 19.9 Å². The third kappa shape index (κ3) is 2.26. The van der Waals surface area contributed by atoms with Crippen LogP contribution in [0.3, 0.4) is 0 Å². The van der Waals surface area contributed by atoms with Crippen molar-refractivity contribution in [1.29, 1.82) is 0 Å². The van der Waals surface area contributed by atoms with E-state index < -0.39 is 23.5 Å². The van der Waals surface area contributed by atoms with Gasteiger partial charge in [0.05, 0.1) is 0 Å². The first kappa shape index (κ1) is 12.0. The molecule has 0 saturated carbocycles. The maximum absolute atomic E-state index is 10.6. The molecule has 0 spiro atoms. The molecule has 0 fully saturated rings. The number of hydrogen-bond donors (Lipinski definition) is 1. The second-order valence-electron chi connectivity index (χ2n) is 3.61. The standard InChI is InChI=1S/C10H10N2O6/c1-5(16-9(11)13)6-2-3-7-8(4-6)18-10(17-7)12(14)15/h2-5,10H,1H3,(H2,11,13). The second kappa shape index (κ2) is 4.40. The van der Waals surface area contributed by atoms with E-state index >= 15 is 0 Å². The Hall–Kier alpha value is -2.51. The van der Waals surface area contributed by atoms with Crippen LogP contribution in [0.1, 0.15) is 18.6 Å². The maximum Gasteiger partial charge on any atom is 0.517 e. The Bertz CT molecular complexity index is 503. The molecule has 8 heteroatoms. The highest BCUT2D eigenvalue weighted by molar-refractivity contribution is 5.65. The Morgan fingerprint density at radius 3 is 2.78 bits per heavy atom. The number of nitrogens with two attached hydrogens (primary N) is 1. The number of benzene rings is 1. The van der Waals surface area contributed by atoms with Crippen molar-refractivity contribution in [2.45, 2.75) is 19.4 Å². The van der Waals surface area contributed by atoms with Crippen molar-refractivity contribution in [2.24, 2.45) is 5.73 Å². The second-order valence-corrected chi connectivity index (χ2v) is 3.61. The van der Waals surface area contributed by atoms with Gasteiger partial charge in [-0.15, -0.1) is 0 Å². The fraction of sp³-hybridized carbons (Fsp3) is 0.300. The smallest absolute Gasteiger partial charge is 0.442 e. The molecule has 1 aromatic carbocycles. The van der Waals surface area contributed by atoms with Gasteiger partial charge in [0, 0.05) is 0 Å². The van der Waals surface area contributed by atoms with E-state index in [1.807, 2.05) is 0 Å². The summed E-state index contributed by atoms with van der Waals surface area (Å²) in [6, 6.07) is 4.62. The molecule has 1 aromatic rings. The molecule has 8 nitrogen and oxygen atoms in total. The van der Waals surface area contributed by atoms with Crippen molar-refractivity contribution in [1.82, 2.24) is 0 Å². The molecule has 0 radical (unpaired) electrons. The minimum absolute atomic E-state index is 0.231. The zero-order valence-electron chi connectivity index (χ0n) is 9.36. The highest BCUT2D eigenvalue weighted by atomic mass is 16.8. The first-order valence-corrected chi connectivity index (χ1v) is 5.04. The summed E-state index contributed by atoms with van der Waals surface area (Å²) in [5.41, 5.74) is 5.50. The Balaban J connectivity index is 2.17. The number of carbonyl (C=O) groups excluding carboxylic acids is 1. The first-order chi connectivity index (χ1) is 8.47. The number of fused-ring (bicyclic) bond motifs is 1. The first-order valence-electron chi connectivity index (χ1n) is 5.04. The maximum atomic E-state index is 10.6. The predicted molar refractivity (Wildman–Crippen MR) is 57.6 cm³/mol. The van der Waals surface area contributed by atoms with Crippen LogP contribution < -0.4 is 15.2 Å². The van der Waals surface area contributed by atoms with E-state index in [9.17, 15) is 14.9 Å². The van der Waals surface area contributed by atoms with E-state index in [2.05, 4.69) is 0 Å². The number of nitro groups is 1. The largest absolute Gasteiger partial charge is 0.517 e. The Kier molecular flexibility index (Phi) is 2.92. The summed E-state index contributed by atoms with van der Waals surface area (Å²) in [4.78, 5) is 20.4. The molecule has 1 aliphatic rings. The number of primary amides is 1. The minimum Gasteiger partial charge on any atom is -0.442 e. The number of ether oxygens (including phenoxy) is 3. The van der Waals surface area contributed by atoms with E-state index in [1.165, 1.54) is 12.1 Å². The van der Waals surface area contributed by atoms with Crippen LogP contribution in [-0.2, 0) is 4.74 Å². The summed E-state index contributed by atoms with van der Waals surface area (Å²) in [7, 11) is 0. The third-order valence-electron chi connectivity index (χ3n) is 2.36. The quantitative estimate of drug-likeness (QED) is 0.639. The van der Waals surface area contributed by atoms with Gasteiger partial charge in [-0.25, -0.2) is 4.79 Å². The molecule has 2 atom stereocenters. The van der Waals surface area contributed by atoms with Crippen LogP contribution in [0.4, 0.5) is 4.79 Å². The fourth-order valence-electron chi connectivity index (χ4n) is 1.54. The number of hydrogen-bond acceptors (Lipinski definition) is 6. The zero-order valence-corrected chi connectivity index (χ0v) is 9.36. The average Bonchev–Trinajstić information content (AvgIpc) is 2.70. The fourth-order valence-corrected chi connectivity index (χ4v) is 1.54. The molecule has 2 rings (SSSR count). The Morgan fingerprint density at radius 1 is 1.50 bits per heavy atom. The molecule has 2 unspecified atom stereocenters. The van der Waals surface area contributed by atoms with Gasteiger partial charge in [0.15, 0.2) is 11.5 Å². The van der Waals surface area contributed by atoms with Crippen LogP contribution in [0.25, 0.3) is 0 Å². The Morgan fingerprint density at radius 2 is 2.17 bits per heavy atom. The van der Waals surface area contributed by atoms with Crippen molar-refractivity contribution in [3.63, 3.8) is 0 Å². The summed E-state index contributed by atoms with van der Waals surface area (Å²) in [5, 5.41) is 10.5. The highest BCUT2D eigenvalue weighted by Gasteiger charge is 2.33. The van der Waals surface area contributed by atoms with Crippen molar-refractivity contribution in [3.8, 4) is 11.5 Å². The lowest BCUT2D eigenvalue weighted by atomic mass is 10.1. The number of amides is 1. The molecule has 0 aliphatic carbocycles. The van der Waals surface area contributed by atoms with E-state index in [0.29, 0.717) is 5.56 Å². The molecule has 96 valence electrons. The summed E-state index contributed by atoms with van der Waals surface area (Å²) < 4.78 is 14.7. The SMILES string of the molecule is CC(OC(N)=O)c1ccc2c(c1)OC([N+](=O)[O-])O2. The lowest BCUT2D eigenvalue weighted by Crippen LogP contribution is -2.27. The van der Waals surface area contributed by atoms with Gasteiger partial charge in [-0.3, -0.25) is 10.1 Å². The molecular formula is C10H10N2O6. The summed E-state index contributed by atoms with van der Waals surface area (Å²) in [6.07, 6.45) is -3.02. The lowest BCUT2D eigenvalue weighted by Gasteiger charge is -2.11. The van der Waals surface area contributed by atoms with Gasteiger partial charge in [0.2, 0.25) is 0 Å². The predicted octanol–water partition coefficient (Wildman–Crippen LogP) is 1.17. The van der Waals surface area contributed by atoms with Gasteiger partial charge in [-0.2, -0.15) is 0 Å². The van der Waals surface area contributed by atoms with Gasteiger partial charge in [0.1, 0.15) is 11.0 Å². The molecule has 18 heavy (non-hydrogen) atoms. The van der Waals surface area contributed by atoms with Crippen LogP contribution in [0.2, 0.25) is 0 Å². The molecule has 2 N–H and O–H groups in total. The van der Waals surface area contributed by atoms with E-state index in [1.54, 1.807) is 13.0 Å². The summed E-state index contributed by atoms with van der Waals surface area (Å²) >= 11 is 0. The molecular weight excluding hydrogens is 244 g/mol. The van der Waals surface area contributed by atoms with Gasteiger partial charge >= 0.3 is 12.5 Å². The van der Waals surface area contributed by atoms with Crippen LogP contribution >= 0.6 is 0 Å².